The third-order valence-corrected chi connectivity index (χ3v) is 18.5. The molecular formula is C68H52N6. The van der Waals surface area contributed by atoms with Crippen molar-refractivity contribution in [1.82, 2.24) is 9.97 Å². The first kappa shape index (κ1) is 43.0. The van der Waals surface area contributed by atoms with Crippen LogP contribution in [0.5, 0.6) is 0 Å². The zero-order valence-corrected chi connectivity index (χ0v) is 42.8. The quantitative estimate of drug-likeness (QED) is 0.172. The zero-order valence-electron chi connectivity index (χ0n) is 42.8. The van der Waals surface area contributed by atoms with Crippen molar-refractivity contribution in [3.05, 3.63) is 208 Å². The number of rotatable bonds is 2. The van der Waals surface area contributed by atoms with E-state index in [-0.39, 0.29) is 33.6 Å². The molecule has 0 saturated carbocycles. The molecule has 4 aliphatic heterocycles. The Morgan fingerprint density at radius 2 is 0.959 bits per heavy atom. The van der Waals surface area contributed by atoms with E-state index in [1.54, 1.807) is 12.1 Å². The predicted molar refractivity (Wildman–Crippen MR) is 300 cm³/mol. The van der Waals surface area contributed by atoms with E-state index >= 15 is 0 Å². The Balaban J connectivity index is 0.980. The van der Waals surface area contributed by atoms with Crippen LogP contribution < -0.4 is 9.80 Å². The minimum Gasteiger partial charge on any atom is -0.333 e. The van der Waals surface area contributed by atoms with Crippen molar-refractivity contribution in [2.24, 2.45) is 5.92 Å². The molecule has 0 N–H and O–H groups in total. The largest absolute Gasteiger partial charge is 0.333 e. The van der Waals surface area contributed by atoms with Crippen LogP contribution in [0.3, 0.4) is 0 Å². The molecule has 5 heterocycles. The first-order valence-corrected chi connectivity index (χ1v) is 26.0. The summed E-state index contributed by atoms with van der Waals surface area (Å²) < 4.78 is 0. The molecule has 0 amide bonds. The third kappa shape index (κ3) is 5.23. The van der Waals surface area contributed by atoms with E-state index in [9.17, 15) is 10.5 Å². The number of allylic oxidation sites excluding steroid dienone is 2. The van der Waals surface area contributed by atoms with E-state index in [0.29, 0.717) is 22.2 Å². The van der Waals surface area contributed by atoms with Crippen molar-refractivity contribution in [3.8, 4) is 56.9 Å². The van der Waals surface area contributed by atoms with Gasteiger partial charge in [0.25, 0.3) is 0 Å². The molecule has 0 saturated heterocycles. The van der Waals surface area contributed by atoms with Gasteiger partial charge in [-0.3, -0.25) is 0 Å². The van der Waals surface area contributed by atoms with Crippen molar-refractivity contribution in [2.75, 3.05) is 9.80 Å². The van der Waals surface area contributed by atoms with Crippen molar-refractivity contribution in [1.29, 1.82) is 10.5 Å². The molecule has 0 radical (unpaired) electrons. The Morgan fingerprint density at radius 1 is 0.473 bits per heavy atom. The fraction of sp³-hybridized carbons (Fsp3) is 0.206. The Morgan fingerprint density at radius 3 is 1.58 bits per heavy atom. The SMILES string of the molecule is CC1(C)C2=CC=CC3C2N(c2ccccc21)c1ccc(-c2ccc4c5c(ccc(-c6ccc7c(c6)C(C)(C)c6cccc8c6N7c6ccccc6C8(C)C)c25)-c2nc5cc(C#N)c(C#N)cc5nc2-4)cc1C3(C)C. The van der Waals surface area contributed by atoms with Gasteiger partial charge >= 0.3 is 0 Å². The molecule has 1 aromatic heterocycles. The number of fused-ring (bicyclic) bond motifs is 12. The molecular weight excluding hydrogens is 901 g/mol. The summed E-state index contributed by atoms with van der Waals surface area (Å²) in [6.45, 7) is 19.2. The highest BCUT2D eigenvalue weighted by molar-refractivity contribution is 6.22. The standard InChI is InChI=1S/C68H52N6/c1-65(2)45-15-9-11-21-55(45)73-57-29-23-37(31-51(57)67(5,6)49-19-13-17-47(65)63(49)73)41-25-27-43-60-44(62-61(43)71-53-33-39(35-69)40(36-70)34-54(53)72-62)28-26-42(59(41)60)38-24-30-58-52(32-38)68(7,8)50-20-14-18-48-64(50)74(58)56-22-12-10-16-46(56)66(48,3)4/h9-34,49,63H,1-8H3. The van der Waals surface area contributed by atoms with Gasteiger partial charge in [-0.1, -0.05) is 165 Å². The van der Waals surface area contributed by atoms with Crippen LogP contribution in [0.4, 0.5) is 28.4 Å². The summed E-state index contributed by atoms with van der Waals surface area (Å²) >= 11 is 0. The van der Waals surface area contributed by atoms with Crippen molar-refractivity contribution in [3.63, 3.8) is 0 Å². The lowest BCUT2D eigenvalue weighted by Crippen LogP contribution is -2.57. The molecule has 6 aliphatic rings. The number of hydrogen-bond acceptors (Lipinski definition) is 6. The molecule has 9 aromatic rings. The van der Waals surface area contributed by atoms with Gasteiger partial charge in [-0.25, -0.2) is 9.97 Å². The fourth-order valence-corrected chi connectivity index (χ4v) is 14.7. The van der Waals surface area contributed by atoms with Crippen molar-refractivity contribution >= 4 is 50.2 Å². The van der Waals surface area contributed by atoms with Crippen LogP contribution in [0.25, 0.3) is 66.6 Å². The maximum absolute atomic E-state index is 10.0. The lowest BCUT2D eigenvalue weighted by molar-refractivity contribution is 0.301. The summed E-state index contributed by atoms with van der Waals surface area (Å²) in [6, 6.07) is 56.4. The van der Waals surface area contributed by atoms with E-state index in [4.69, 9.17) is 9.97 Å². The number of benzene rings is 8. The van der Waals surface area contributed by atoms with Crippen LogP contribution in [0.2, 0.25) is 0 Å². The number of para-hydroxylation sites is 3. The second-order valence-electron chi connectivity index (χ2n) is 23.6. The van der Waals surface area contributed by atoms with Gasteiger partial charge in [-0.2, -0.15) is 10.5 Å². The van der Waals surface area contributed by atoms with E-state index in [1.807, 2.05) is 0 Å². The van der Waals surface area contributed by atoms with Crippen LogP contribution in [0.15, 0.2) is 163 Å². The average Bonchev–Trinajstić information content (AvgIpc) is 3.81. The second-order valence-corrected chi connectivity index (χ2v) is 23.6. The summed E-state index contributed by atoms with van der Waals surface area (Å²) in [5, 5.41) is 22.3. The average molecular weight is 953 g/mol. The zero-order chi connectivity index (χ0) is 50.5. The van der Waals surface area contributed by atoms with Gasteiger partial charge in [-0.15, -0.1) is 0 Å². The molecule has 0 bridgehead atoms. The first-order valence-electron chi connectivity index (χ1n) is 26.0. The summed E-state index contributed by atoms with van der Waals surface area (Å²) in [4.78, 5) is 15.7. The van der Waals surface area contributed by atoms with Crippen LogP contribution in [-0.4, -0.2) is 16.0 Å². The van der Waals surface area contributed by atoms with E-state index in [2.05, 4.69) is 223 Å². The van der Waals surface area contributed by atoms with Gasteiger partial charge in [0.2, 0.25) is 0 Å². The lowest BCUT2D eigenvalue weighted by Gasteiger charge is -2.58. The Bertz CT molecular complexity index is 4190. The molecule has 2 unspecified atom stereocenters. The number of anilines is 5. The fourth-order valence-electron chi connectivity index (χ4n) is 14.7. The van der Waals surface area contributed by atoms with Gasteiger partial charge in [0.05, 0.1) is 56.7 Å². The first-order chi connectivity index (χ1) is 35.6. The Hall–Kier alpha value is -8.58. The number of nitriles is 2. The summed E-state index contributed by atoms with van der Waals surface area (Å²) in [5.41, 5.74) is 25.0. The van der Waals surface area contributed by atoms with Crippen LogP contribution in [0.1, 0.15) is 99.9 Å². The lowest BCUT2D eigenvalue weighted by atomic mass is 9.57. The molecule has 2 aliphatic carbocycles. The van der Waals surface area contributed by atoms with Gasteiger partial charge in [-0.05, 0) is 115 Å². The van der Waals surface area contributed by atoms with Crippen molar-refractivity contribution < 1.29 is 0 Å². The van der Waals surface area contributed by atoms with Gasteiger partial charge < -0.3 is 9.80 Å². The summed E-state index contributed by atoms with van der Waals surface area (Å²) in [7, 11) is 0. The highest BCUT2D eigenvalue weighted by Crippen LogP contribution is 2.63. The monoisotopic (exact) mass is 952 g/mol. The van der Waals surface area contributed by atoms with Gasteiger partial charge in [0.15, 0.2) is 0 Å². The van der Waals surface area contributed by atoms with E-state index in [0.717, 1.165) is 55.5 Å². The van der Waals surface area contributed by atoms with Crippen molar-refractivity contribution in [2.45, 2.75) is 83.1 Å². The maximum atomic E-state index is 10.0. The summed E-state index contributed by atoms with van der Waals surface area (Å²) in [6.07, 6.45) is 7.15. The predicted octanol–water partition coefficient (Wildman–Crippen LogP) is 16.5. The molecule has 2 atom stereocenters. The smallest absolute Gasteiger partial charge is 0.101 e. The minimum atomic E-state index is -0.311. The topological polar surface area (TPSA) is 79.8 Å². The molecule has 74 heavy (non-hydrogen) atoms. The van der Waals surface area contributed by atoms with Gasteiger partial charge in [0.1, 0.15) is 12.1 Å². The van der Waals surface area contributed by atoms with E-state index in [1.165, 1.54) is 67.4 Å². The van der Waals surface area contributed by atoms with Crippen LogP contribution >= 0.6 is 0 Å². The van der Waals surface area contributed by atoms with Gasteiger partial charge in [0, 0.05) is 55.5 Å². The second kappa shape index (κ2) is 14.1. The minimum absolute atomic E-state index is 0.105. The third-order valence-electron chi connectivity index (χ3n) is 18.5. The maximum Gasteiger partial charge on any atom is 0.101 e. The van der Waals surface area contributed by atoms with Crippen LogP contribution in [0, 0.1) is 28.6 Å². The molecule has 6 heteroatoms. The Labute approximate surface area is 432 Å². The molecule has 15 rings (SSSR count). The molecule has 8 aromatic carbocycles. The highest BCUT2D eigenvalue weighted by Gasteiger charge is 2.54. The number of hydrogen-bond donors (Lipinski definition) is 0. The normalized spacial score (nSPS) is 19.5. The Kier molecular flexibility index (Phi) is 8.22. The molecule has 354 valence electrons. The highest BCUT2D eigenvalue weighted by atomic mass is 15.2. The molecule has 0 fully saturated rings. The van der Waals surface area contributed by atoms with Crippen LogP contribution in [-0.2, 0) is 21.7 Å². The molecule has 0 spiro atoms. The molecule has 6 nitrogen and oxygen atoms in total. The summed E-state index contributed by atoms with van der Waals surface area (Å²) in [5.74, 6) is 0.253. The van der Waals surface area contributed by atoms with E-state index < -0.39 is 0 Å². The number of nitrogens with zero attached hydrogens (tertiary/aromatic N) is 6. The number of aromatic nitrogens is 2.